The zero-order valence-corrected chi connectivity index (χ0v) is 21.2. The molecule has 1 aliphatic heterocycles. The highest BCUT2D eigenvalue weighted by Gasteiger charge is 2.35. The van der Waals surface area contributed by atoms with E-state index in [0.29, 0.717) is 23.6 Å². The number of ether oxygens (including phenoxy) is 1. The van der Waals surface area contributed by atoms with Gasteiger partial charge in [0.15, 0.2) is 0 Å². The molecule has 2 aromatic heterocycles. The third-order valence-electron chi connectivity index (χ3n) is 6.63. The summed E-state index contributed by atoms with van der Waals surface area (Å²) in [6.45, 7) is 2.82. The van der Waals surface area contributed by atoms with Crippen LogP contribution >= 0.6 is 11.3 Å². The molecule has 0 radical (unpaired) electrons. The van der Waals surface area contributed by atoms with Gasteiger partial charge in [-0.15, -0.1) is 11.3 Å². The molecule has 4 aromatic rings. The van der Waals surface area contributed by atoms with Crippen LogP contribution in [0.4, 0.5) is 0 Å². The topological polar surface area (TPSA) is 63.0 Å². The summed E-state index contributed by atoms with van der Waals surface area (Å²) in [5, 5.41) is 2.10. The standard InChI is InChI=1S/C29H28N2O4S/c1-20-7-3-4-11-24(20)28-25-13-16-36-26(25)12-14-31(28)27(32)19-30(18-23-10-6-15-35-23)29(33)21-8-5-9-22(17-21)34-2/h3-11,13,15-17,28H,12,14,18-19H2,1-2H3/t28-/m0/s1. The van der Waals surface area contributed by atoms with Crippen molar-refractivity contribution in [1.82, 2.24) is 9.80 Å². The quantitative estimate of drug-likeness (QED) is 0.337. The van der Waals surface area contributed by atoms with Crippen LogP contribution in [-0.2, 0) is 17.8 Å². The molecule has 0 N–H and O–H groups in total. The number of rotatable bonds is 7. The number of furan rings is 1. The van der Waals surface area contributed by atoms with Crippen molar-refractivity contribution in [3.05, 3.63) is 111 Å². The van der Waals surface area contributed by atoms with Crippen LogP contribution in [0.2, 0.25) is 0 Å². The Kier molecular flexibility index (Phi) is 6.91. The van der Waals surface area contributed by atoms with Crippen molar-refractivity contribution in [1.29, 1.82) is 0 Å². The lowest BCUT2D eigenvalue weighted by molar-refractivity contribution is -0.134. The van der Waals surface area contributed by atoms with Crippen molar-refractivity contribution in [2.45, 2.75) is 25.9 Å². The molecule has 0 aliphatic carbocycles. The highest BCUT2D eigenvalue weighted by atomic mass is 32.1. The van der Waals surface area contributed by atoms with Crippen molar-refractivity contribution < 1.29 is 18.7 Å². The number of benzene rings is 2. The van der Waals surface area contributed by atoms with Gasteiger partial charge in [0.1, 0.15) is 18.1 Å². The first-order chi connectivity index (χ1) is 17.5. The lowest BCUT2D eigenvalue weighted by atomic mass is 9.90. The SMILES string of the molecule is COc1cccc(C(=O)N(CC(=O)N2CCc3sccc3[C@@H]2c2ccccc2C)Cc2ccco2)c1. The minimum atomic E-state index is -0.251. The lowest BCUT2D eigenvalue weighted by Crippen LogP contribution is -2.46. The molecule has 0 saturated heterocycles. The molecular weight excluding hydrogens is 472 g/mol. The molecule has 36 heavy (non-hydrogen) atoms. The summed E-state index contributed by atoms with van der Waals surface area (Å²) in [6, 6.07) is 20.7. The third-order valence-corrected chi connectivity index (χ3v) is 7.62. The predicted octanol–water partition coefficient (Wildman–Crippen LogP) is 5.47. The molecular formula is C29H28N2O4S. The first-order valence-electron chi connectivity index (χ1n) is 11.9. The van der Waals surface area contributed by atoms with Crippen molar-refractivity contribution in [2.75, 3.05) is 20.2 Å². The van der Waals surface area contributed by atoms with Gasteiger partial charge < -0.3 is 19.0 Å². The van der Waals surface area contributed by atoms with Crippen molar-refractivity contribution in [3.63, 3.8) is 0 Å². The maximum Gasteiger partial charge on any atom is 0.254 e. The van der Waals surface area contributed by atoms with E-state index in [4.69, 9.17) is 9.15 Å². The number of carbonyl (C=O) groups is 2. The van der Waals surface area contributed by atoms with Crippen LogP contribution in [0.1, 0.15) is 43.7 Å². The Bertz CT molecular complexity index is 1360. The highest BCUT2D eigenvalue weighted by molar-refractivity contribution is 7.10. The largest absolute Gasteiger partial charge is 0.497 e. The molecule has 0 bridgehead atoms. The van der Waals surface area contributed by atoms with Gasteiger partial charge in [-0.05, 0) is 71.8 Å². The van der Waals surface area contributed by atoms with Gasteiger partial charge >= 0.3 is 0 Å². The van der Waals surface area contributed by atoms with Gasteiger partial charge in [-0.1, -0.05) is 30.3 Å². The number of hydrogen-bond donors (Lipinski definition) is 0. The number of nitrogens with zero attached hydrogens (tertiary/aromatic N) is 2. The van der Waals surface area contributed by atoms with E-state index in [9.17, 15) is 9.59 Å². The number of hydrogen-bond acceptors (Lipinski definition) is 5. The first-order valence-corrected chi connectivity index (χ1v) is 12.8. The van der Waals surface area contributed by atoms with Gasteiger partial charge in [-0.2, -0.15) is 0 Å². The van der Waals surface area contributed by atoms with E-state index >= 15 is 0 Å². The summed E-state index contributed by atoms with van der Waals surface area (Å²) in [4.78, 5) is 32.3. The fourth-order valence-corrected chi connectivity index (χ4v) is 5.70. The summed E-state index contributed by atoms with van der Waals surface area (Å²) in [5.41, 5.74) is 3.88. The normalized spacial score (nSPS) is 14.8. The molecule has 0 saturated carbocycles. The fourth-order valence-electron chi connectivity index (χ4n) is 4.80. The van der Waals surface area contributed by atoms with E-state index in [1.54, 1.807) is 59.9 Å². The average Bonchev–Trinajstić information content (AvgIpc) is 3.60. The zero-order valence-electron chi connectivity index (χ0n) is 20.3. The van der Waals surface area contributed by atoms with E-state index in [1.165, 1.54) is 10.4 Å². The molecule has 5 rings (SSSR count). The maximum atomic E-state index is 13.9. The monoisotopic (exact) mass is 500 g/mol. The molecule has 7 heteroatoms. The van der Waals surface area contributed by atoms with Crippen molar-refractivity contribution in [3.8, 4) is 5.75 Å². The van der Waals surface area contributed by atoms with Crippen LogP contribution in [0.5, 0.6) is 5.75 Å². The Balaban J connectivity index is 1.46. The Hall–Kier alpha value is -3.84. The molecule has 184 valence electrons. The van der Waals surface area contributed by atoms with E-state index in [1.807, 2.05) is 23.1 Å². The van der Waals surface area contributed by atoms with Gasteiger partial charge in [0.2, 0.25) is 5.91 Å². The highest BCUT2D eigenvalue weighted by Crippen LogP contribution is 2.39. The lowest BCUT2D eigenvalue weighted by Gasteiger charge is -2.38. The Morgan fingerprint density at radius 3 is 2.72 bits per heavy atom. The van der Waals surface area contributed by atoms with Gasteiger partial charge in [0.05, 0.1) is 26.0 Å². The molecule has 3 heterocycles. The summed E-state index contributed by atoms with van der Waals surface area (Å²) >= 11 is 1.74. The summed E-state index contributed by atoms with van der Waals surface area (Å²) in [5.74, 6) is 0.862. The second-order valence-electron chi connectivity index (χ2n) is 8.87. The molecule has 2 aromatic carbocycles. The summed E-state index contributed by atoms with van der Waals surface area (Å²) in [6.07, 6.45) is 2.38. The second kappa shape index (κ2) is 10.4. The minimum absolute atomic E-state index is 0.0569. The van der Waals surface area contributed by atoms with Crippen LogP contribution in [0.25, 0.3) is 0 Å². The van der Waals surface area contributed by atoms with Gasteiger partial charge in [0, 0.05) is 17.0 Å². The number of thiophene rings is 1. The smallest absolute Gasteiger partial charge is 0.254 e. The van der Waals surface area contributed by atoms with Crippen LogP contribution in [-0.4, -0.2) is 41.8 Å². The Labute approximate surface area is 214 Å². The first kappa shape index (κ1) is 23.9. The van der Waals surface area contributed by atoms with E-state index in [-0.39, 0.29) is 30.9 Å². The molecule has 0 fully saturated rings. The van der Waals surface area contributed by atoms with Gasteiger partial charge in [-0.25, -0.2) is 0 Å². The summed E-state index contributed by atoms with van der Waals surface area (Å²) in [7, 11) is 1.56. The molecule has 0 spiro atoms. The third kappa shape index (κ3) is 4.79. The fraction of sp³-hybridized carbons (Fsp3) is 0.241. The van der Waals surface area contributed by atoms with Crippen LogP contribution < -0.4 is 4.74 Å². The number of carbonyl (C=O) groups excluding carboxylic acids is 2. The Morgan fingerprint density at radius 2 is 1.94 bits per heavy atom. The number of methoxy groups -OCH3 is 1. The minimum Gasteiger partial charge on any atom is -0.497 e. The van der Waals surface area contributed by atoms with E-state index in [0.717, 1.165) is 17.5 Å². The number of fused-ring (bicyclic) bond motifs is 1. The van der Waals surface area contributed by atoms with E-state index in [2.05, 4.69) is 30.5 Å². The number of aryl methyl sites for hydroxylation is 1. The number of amides is 2. The van der Waals surface area contributed by atoms with Crippen LogP contribution in [0.15, 0.2) is 82.8 Å². The molecule has 6 nitrogen and oxygen atoms in total. The average molecular weight is 501 g/mol. The zero-order chi connectivity index (χ0) is 25.1. The van der Waals surface area contributed by atoms with Crippen molar-refractivity contribution in [2.24, 2.45) is 0 Å². The van der Waals surface area contributed by atoms with Crippen molar-refractivity contribution >= 4 is 23.2 Å². The summed E-state index contributed by atoms with van der Waals surface area (Å²) < 4.78 is 10.8. The molecule has 1 atom stereocenters. The second-order valence-corrected chi connectivity index (χ2v) is 9.87. The van der Waals surface area contributed by atoms with Crippen LogP contribution in [0.3, 0.4) is 0 Å². The van der Waals surface area contributed by atoms with Gasteiger partial charge in [0.25, 0.3) is 5.91 Å². The molecule has 1 aliphatic rings. The van der Waals surface area contributed by atoms with Crippen LogP contribution in [0, 0.1) is 6.92 Å². The van der Waals surface area contributed by atoms with E-state index < -0.39 is 0 Å². The maximum absolute atomic E-state index is 13.9. The molecule has 2 amide bonds. The predicted molar refractivity (Wildman–Crippen MR) is 139 cm³/mol. The van der Waals surface area contributed by atoms with Gasteiger partial charge in [-0.3, -0.25) is 9.59 Å². The molecule has 0 unspecified atom stereocenters. The Morgan fingerprint density at radius 1 is 1.08 bits per heavy atom.